The van der Waals surface area contributed by atoms with E-state index in [2.05, 4.69) is 20.3 Å². The lowest BCUT2D eigenvalue weighted by atomic mass is 10.1. The largest absolute Gasteiger partial charge is 0.348 e. The maximum Gasteiger partial charge on any atom is 0.262 e. The van der Waals surface area contributed by atoms with Gasteiger partial charge in [-0.25, -0.2) is 9.97 Å². The number of imidazole rings is 1. The molecule has 4 rings (SSSR count). The first-order chi connectivity index (χ1) is 10.3. The van der Waals surface area contributed by atoms with Crippen molar-refractivity contribution in [1.29, 1.82) is 0 Å². The fourth-order valence-corrected chi connectivity index (χ4v) is 3.92. The van der Waals surface area contributed by atoms with Gasteiger partial charge in [-0.3, -0.25) is 9.36 Å². The highest BCUT2D eigenvalue weighted by Gasteiger charge is 2.19. The summed E-state index contributed by atoms with van der Waals surface area (Å²) >= 11 is 1.64. The lowest BCUT2D eigenvalue weighted by Gasteiger charge is -2.12. The molecule has 21 heavy (non-hydrogen) atoms. The highest BCUT2D eigenvalue weighted by Crippen LogP contribution is 2.29. The first-order valence-electron chi connectivity index (χ1n) is 7.00. The summed E-state index contributed by atoms with van der Waals surface area (Å²) in [5.41, 5.74) is 2.31. The maximum absolute atomic E-state index is 12.7. The standard InChI is InChI=1S/C14H15N5OS/c20-14-12-10-1-3-15-6-11(10)21-13(12)18-8-19(14)4-2-9-5-16-7-17-9/h5,7-8,15H,1-4,6H2,(H,16,17). The van der Waals surface area contributed by atoms with Crippen LogP contribution in [0.2, 0.25) is 0 Å². The molecule has 0 aliphatic carbocycles. The number of hydrogen-bond acceptors (Lipinski definition) is 5. The van der Waals surface area contributed by atoms with Gasteiger partial charge < -0.3 is 10.3 Å². The van der Waals surface area contributed by atoms with E-state index in [4.69, 9.17) is 0 Å². The van der Waals surface area contributed by atoms with Crippen molar-refractivity contribution in [3.05, 3.63) is 45.3 Å². The van der Waals surface area contributed by atoms with Crippen LogP contribution in [0.5, 0.6) is 0 Å². The van der Waals surface area contributed by atoms with Crippen LogP contribution in [0, 0.1) is 0 Å². The van der Waals surface area contributed by atoms with E-state index >= 15 is 0 Å². The molecule has 0 aromatic carbocycles. The molecule has 0 spiro atoms. The molecule has 1 aliphatic rings. The zero-order valence-corrected chi connectivity index (χ0v) is 12.2. The van der Waals surface area contributed by atoms with Crippen molar-refractivity contribution in [1.82, 2.24) is 24.8 Å². The second kappa shape index (κ2) is 5.09. The Morgan fingerprint density at radius 1 is 1.43 bits per heavy atom. The molecule has 7 heteroatoms. The molecule has 3 aromatic heterocycles. The zero-order valence-electron chi connectivity index (χ0n) is 11.4. The summed E-state index contributed by atoms with van der Waals surface area (Å²) in [6.07, 6.45) is 6.77. The number of hydrogen-bond donors (Lipinski definition) is 2. The fourth-order valence-electron chi connectivity index (χ4n) is 2.77. The van der Waals surface area contributed by atoms with Crippen molar-refractivity contribution in [2.75, 3.05) is 6.54 Å². The van der Waals surface area contributed by atoms with E-state index in [9.17, 15) is 4.79 Å². The Morgan fingerprint density at radius 3 is 3.24 bits per heavy atom. The molecule has 0 radical (unpaired) electrons. The second-order valence-electron chi connectivity index (χ2n) is 5.18. The predicted octanol–water partition coefficient (Wildman–Crippen LogP) is 1.07. The number of nitrogens with one attached hydrogen (secondary N) is 2. The van der Waals surface area contributed by atoms with Gasteiger partial charge in [-0.15, -0.1) is 11.3 Å². The van der Waals surface area contributed by atoms with Crippen molar-refractivity contribution >= 4 is 21.6 Å². The quantitative estimate of drug-likeness (QED) is 0.759. The van der Waals surface area contributed by atoms with Crippen molar-refractivity contribution in [2.45, 2.75) is 25.9 Å². The smallest absolute Gasteiger partial charge is 0.262 e. The van der Waals surface area contributed by atoms with Crippen LogP contribution in [-0.4, -0.2) is 26.1 Å². The molecule has 0 saturated carbocycles. The van der Waals surface area contributed by atoms with Gasteiger partial charge in [-0.2, -0.15) is 0 Å². The van der Waals surface area contributed by atoms with Gasteiger partial charge in [-0.1, -0.05) is 0 Å². The molecule has 2 N–H and O–H groups in total. The Morgan fingerprint density at radius 2 is 2.38 bits per heavy atom. The minimum atomic E-state index is 0.0823. The lowest BCUT2D eigenvalue weighted by molar-refractivity contribution is 0.647. The van der Waals surface area contributed by atoms with E-state index in [1.165, 1.54) is 10.4 Å². The third-order valence-corrected chi connectivity index (χ3v) is 5.02. The van der Waals surface area contributed by atoms with Crippen LogP contribution in [0.3, 0.4) is 0 Å². The summed E-state index contributed by atoms with van der Waals surface area (Å²) in [5, 5.41) is 4.17. The molecule has 4 heterocycles. The summed E-state index contributed by atoms with van der Waals surface area (Å²) in [6.45, 7) is 2.40. The number of H-pyrrole nitrogens is 1. The normalized spacial score (nSPS) is 14.5. The molecule has 6 nitrogen and oxygen atoms in total. The molecule has 0 atom stereocenters. The van der Waals surface area contributed by atoms with Crippen molar-refractivity contribution < 1.29 is 0 Å². The predicted molar refractivity (Wildman–Crippen MR) is 81.6 cm³/mol. The third-order valence-electron chi connectivity index (χ3n) is 3.88. The Balaban J connectivity index is 1.73. The van der Waals surface area contributed by atoms with Crippen LogP contribution < -0.4 is 10.9 Å². The highest BCUT2D eigenvalue weighted by atomic mass is 32.1. The molecule has 0 amide bonds. The molecule has 108 valence electrons. The molecule has 0 bridgehead atoms. The van der Waals surface area contributed by atoms with E-state index in [0.717, 1.165) is 41.8 Å². The van der Waals surface area contributed by atoms with Crippen molar-refractivity contribution in [2.24, 2.45) is 0 Å². The monoisotopic (exact) mass is 301 g/mol. The number of thiophene rings is 1. The van der Waals surface area contributed by atoms with Gasteiger partial charge in [0, 0.05) is 36.3 Å². The molecular weight excluding hydrogens is 286 g/mol. The summed E-state index contributed by atoms with van der Waals surface area (Å²) in [6, 6.07) is 0. The van der Waals surface area contributed by atoms with Crippen LogP contribution in [-0.2, 0) is 25.9 Å². The fraction of sp³-hybridized carbons (Fsp3) is 0.357. The van der Waals surface area contributed by atoms with Gasteiger partial charge in [0.15, 0.2) is 0 Å². The number of aromatic nitrogens is 4. The molecule has 0 saturated heterocycles. The first kappa shape index (κ1) is 12.7. The number of nitrogens with zero attached hydrogens (tertiary/aromatic N) is 3. The number of rotatable bonds is 3. The molecule has 1 aliphatic heterocycles. The minimum Gasteiger partial charge on any atom is -0.348 e. The van der Waals surface area contributed by atoms with E-state index < -0.39 is 0 Å². The Hall–Kier alpha value is -1.99. The minimum absolute atomic E-state index is 0.0823. The van der Waals surface area contributed by atoms with Crippen LogP contribution in [0.25, 0.3) is 10.2 Å². The SMILES string of the molecule is O=c1c2c3c(sc2ncn1CCc1cnc[nH]1)CNCC3. The zero-order chi connectivity index (χ0) is 14.2. The van der Waals surface area contributed by atoms with E-state index in [-0.39, 0.29) is 5.56 Å². The van der Waals surface area contributed by atoms with Gasteiger partial charge in [-0.05, 0) is 18.5 Å². The molecular formula is C14H15N5OS. The first-order valence-corrected chi connectivity index (χ1v) is 7.82. The van der Waals surface area contributed by atoms with E-state index in [0.29, 0.717) is 6.54 Å². The Kier molecular flexibility index (Phi) is 3.08. The van der Waals surface area contributed by atoms with E-state index in [1.807, 2.05) is 0 Å². The van der Waals surface area contributed by atoms with Crippen LogP contribution in [0.1, 0.15) is 16.1 Å². The van der Waals surface area contributed by atoms with E-state index in [1.54, 1.807) is 34.8 Å². The van der Waals surface area contributed by atoms with Crippen LogP contribution in [0.4, 0.5) is 0 Å². The average molecular weight is 301 g/mol. The van der Waals surface area contributed by atoms with Crippen molar-refractivity contribution in [3.8, 4) is 0 Å². The average Bonchev–Trinajstić information content (AvgIpc) is 3.13. The molecule has 3 aromatic rings. The van der Waals surface area contributed by atoms with Gasteiger partial charge in [0.05, 0.1) is 18.0 Å². The summed E-state index contributed by atoms with van der Waals surface area (Å²) in [7, 11) is 0. The van der Waals surface area contributed by atoms with Gasteiger partial charge in [0.25, 0.3) is 5.56 Å². The van der Waals surface area contributed by atoms with Gasteiger partial charge in [0.1, 0.15) is 4.83 Å². The van der Waals surface area contributed by atoms with Crippen LogP contribution in [0.15, 0.2) is 23.6 Å². The number of aromatic amines is 1. The molecule has 0 unspecified atom stereocenters. The summed E-state index contributed by atoms with van der Waals surface area (Å²) < 4.78 is 1.71. The third kappa shape index (κ3) is 2.18. The van der Waals surface area contributed by atoms with Gasteiger partial charge in [0.2, 0.25) is 0 Å². The molecule has 0 fully saturated rings. The Bertz CT molecular complexity index is 833. The Labute approximate surface area is 124 Å². The van der Waals surface area contributed by atoms with Crippen molar-refractivity contribution in [3.63, 3.8) is 0 Å². The number of aryl methyl sites for hydroxylation is 2. The second-order valence-corrected chi connectivity index (χ2v) is 6.26. The van der Waals surface area contributed by atoms with Gasteiger partial charge >= 0.3 is 0 Å². The van der Waals surface area contributed by atoms with Crippen LogP contribution >= 0.6 is 11.3 Å². The highest BCUT2D eigenvalue weighted by molar-refractivity contribution is 7.18. The maximum atomic E-state index is 12.7. The topological polar surface area (TPSA) is 75.6 Å². The summed E-state index contributed by atoms with van der Waals surface area (Å²) in [4.78, 5) is 26.4. The number of fused-ring (bicyclic) bond motifs is 3. The lowest BCUT2D eigenvalue weighted by Crippen LogP contribution is -2.25. The summed E-state index contributed by atoms with van der Waals surface area (Å²) in [5.74, 6) is 0.